The van der Waals surface area contributed by atoms with Crippen LogP contribution in [0, 0.1) is 11.8 Å². The molecule has 0 aromatic rings. The Kier molecular flexibility index (Phi) is 2.72. The maximum Gasteiger partial charge on any atom is 0.0685 e. The van der Waals surface area contributed by atoms with E-state index >= 15 is 0 Å². The largest absolute Gasteiger partial charge is 0.375 e. The van der Waals surface area contributed by atoms with Gasteiger partial charge in [-0.15, -0.1) is 11.6 Å². The Balaban J connectivity index is 1.61. The van der Waals surface area contributed by atoms with Crippen molar-refractivity contribution >= 4 is 11.6 Å². The molecule has 2 saturated carbocycles. The van der Waals surface area contributed by atoms with Crippen molar-refractivity contribution < 1.29 is 4.74 Å². The summed E-state index contributed by atoms with van der Waals surface area (Å²) < 4.78 is 5.99. The predicted molar refractivity (Wildman–Crippen MR) is 62.2 cm³/mol. The minimum Gasteiger partial charge on any atom is -0.375 e. The van der Waals surface area contributed by atoms with E-state index in [1.807, 2.05) is 0 Å². The Hall–Kier alpha value is 0.250. The second-order valence-electron chi connectivity index (χ2n) is 5.81. The Morgan fingerprint density at radius 1 is 1.07 bits per heavy atom. The summed E-state index contributed by atoms with van der Waals surface area (Å²) in [6.45, 7) is 1.01. The first kappa shape index (κ1) is 10.4. The summed E-state index contributed by atoms with van der Waals surface area (Å²) >= 11 is 6.21. The van der Waals surface area contributed by atoms with Crippen LogP contribution in [0.4, 0.5) is 0 Å². The molecule has 3 aliphatic rings. The molecule has 15 heavy (non-hydrogen) atoms. The van der Waals surface area contributed by atoms with Crippen LogP contribution in [0.3, 0.4) is 0 Å². The van der Waals surface area contributed by atoms with E-state index in [-0.39, 0.29) is 0 Å². The zero-order valence-corrected chi connectivity index (χ0v) is 10.1. The molecule has 0 bridgehead atoms. The van der Waals surface area contributed by atoms with Gasteiger partial charge in [0.25, 0.3) is 0 Å². The number of ether oxygens (including phenoxy) is 1. The Labute approximate surface area is 97.5 Å². The zero-order valence-electron chi connectivity index (χ0n) is 9.38. The van der Waals surface area contributed by atoms with Crippen LogP contribution in [0.5, 0.6) is 0 Å². The first-order valence-electron chi connectivity index (χ1n) is 6.55. The second kappa shape index (κ2) is 3.92. The average Bonchev–Trinajstić information content (AvgIpc) is 2.63. The van der Waals surface area contributed by atoms with Gasteiger partial charge in [-0.25, -0.2) is 0 Å². The van der Waals surface area contributed by atoms with Crippen LogP contribution in [0.15, 0.2) is 0 Å². The van der Waals surface area contributed by atoms with Crippen LogP contribution in [0.2, 0.25) is 0 Å². The van der Waals surface area contributed by atoms with Crippen LogP contribution in [0.1, 0.15) is 51.4 Å². The van der Waals surface area contributed by atoms with E-state index in [1.54, 1.807) is 0 Å². The van der Waals surface area contributed by atoms with Crippen molar-refractivity contribution in [1.82, 2.24) is 0 Å². The maximum absolute atomic E-state index is 6.21. The molecule has 86 valence electrons. The van der Waals surface area contributed by atoms with Gasteiger partial charge >= 0.3 is 0 Å². The fraction of sp³-hybridized carbons (Fsp3) is 1.00. The lowest BCUT2D eigenvalue weighted by Gasteiger charge is -2.48. The van der Waals surface area contributed by atoms with Crippen molar-refractivity contribution in [3.63, 3.8) is 0 Å². The predicted octanol–water partition coefficient (Wildman–Crippen LogP) is 3.74. The van der Waals surface area contributed by atoms with Crippen molar-refractivity contribution in [2.24, 2.45) is 11.8 Å². The molecule has 3 unspecified atom stereocenters. The molecule has 0 aromatic carbocycles. The summed E-state index contributed by atoms with van der Waals surface area (Å²) in [6, 6.07) is 0. The lowest BCUT2D eigenvalue weighted by Crippen LogP contribution is -2.46. The van der Waals surface area contributed by atoms with Crippen LogP contribution in [-0.4, -0.2) is 17.6 Å². The van der Waals surface area contributed by atoms with Gasteiger partial charge in [0.2, 0.25) is 0 Å². The van der Waals surface area contributed by atoms with Crippen molar-refractivity contribution in [2.75, 3.05) is 6.61 Å². The van der Waals surface area contributed by atoms with Crippen LogP contribution >= 0.6 is 11.6 Å². The van der Waals surface area contributed by atoms with Crippen molar-refractivity contribution in [1.29, 1.82) is 0 Å². The SMILES string of the molecule is ClC1CCC(C2CCOC3(CCC3)C2)C1. The Bertz CT molecular complexity index is 237. The third kappa shape index (κ3) is 1.93. The lowest BCUT2D eigenvalue weighted by atomic mass is 9.69. The minimum atomic E-state index is 0.327. The molecule has 1 saturated heterocycles. The van der Waals surface area contributed by atoms with E-state index in [0.29, 0.717) is 11.0 Å². The van der Waals surface area contributed by atoms with E-state index in [4.69, 9.17) is 16.3 Å². The first-order chi connectivity index (χ1) is 7.27. The molecule has 3 rings (SSSR count). The van der Waals surface area contributed by atoms with Gasteiger partial charge in [-0.05, 0) is 63.2 Å². The second-order valence-corrected chi connectivity index (χ2v) is 6.43. The molecule has 0 amide bonds. The molecule has 1 spiro atoms. The smallest absolute Gasteiger partial charge is 0.0685 e. The Morgan fingerprint density at radius 2 is 1.93 bits per heavy atom. The quantitative estimate of drug-likeness (QED) is 0.622. The van der Waals surface area contributed by atoms with E-state index in [1.165, 1.54) is 51.4 Å². The van der Waals surface area contributed by atoms with E-state index in [0.717, 1.165) is 18.4 Å². The molecule has 0 radical (unpaired) electrons. The molecule has 0 aromatic heterocycles. The molecule has 1 heterocycles. The molecule has 1 nitrogen and oxygen atoms in total. The highest BCUT2D eigenvalue weighted by atomic mass is 35.5. The molecular weight excluding hydrogens is 208 g/mol. The summed E-state index contributed by atoms with van der Waals surface area (Å²) in [4.78, 5) is 0. The lowest BCUT2D eigenvalue weighted by molar-refractivity contribution is -0.149. The third-order valence-electron chi connectivity index (χ3n) is 4.87. The summed E-state index contributed by atoms with van der Waals surface area (Å²) in [5.74, 6) is 1.83. The van der Waals surface area contributed by atoms with E-state index in [9.17, 15) is 0 Å². The minimum absolute atomic E-state index is 0.327. The molecule has 2 aliphatic carbocycles. The normalized spacial score (nSPS) is 44.2. The first-order valence-corrected chi connectivity index (χ1v) is 6.99. The Morgan fingerprint density at radius 3 is 2.53 bits per heavy atom. The standard InChI is InChI=1S/C13H21ClO/c14-12-3-2-10(8-12)11-4-7-15-13(9-11)5-1-6-13/h10-12H,1-9H2. The average molecular weight is 229 g/mol. The summed E-state index contributed by atoms with van der Waals surface area (Å²) in [7, 11) is 0. The highest BCUT2D eigenvalue weighted by Crippen LogP contribution is 2.48. The topological polar surface area (TPSA) is 9.23 Å². The van der Waals surface area contributed by atoms with Gasteiger partial charge in [0, 0.05) is 12.0 Å². The molecule has 3 fully saturated rings. The fourth-order valence-electron chi connectivity index (χ4n) is 3.77. The zero-order chi connectivity index (χ0) is 10.3. The van der Waals surface area contributed by atoms with E-state index in [2.05, 4.69) is 0 Å². The number of hydrogen-bond donors (Lipinski definition) is 0. The van der Waals surface area contributed by atoms with Gasteiger partial charge in [0.15, 0.2) is 0 Å². The summed E-state index contributed by atoms with van der Waals surface area (Å²) in [6.07, 6.45) is 10.5. The number of hydrogen-bond acceptors (Lipinski definition) is 1. The molecule has 3 atom stereocenters. The maximum atomic E-state index is 6.21. The van der Waals surface area contributed by atoms with Crippen LogP contribution in [0.25, 0.3) is 0 Å². The van der Waals surface area contributed by atoms with Gasteiger partial charge in [-0.2, -0.15) is 0 Å². The van der Waals surface area contributed by atoms with Crippen molar-refractivity contribution in [3.8, 4) is 0 Å². The summed E-state index contributed by atoms with van der Waals surface area (Å²) in [5.41, 5.74) is 0.327. The highest BCUT2D eigenvalue weighted by molar-refractivity contribution is 6.20. The molecule has 2 heteroatoms. The number of rotatable bonds is 1. The molecule has 0 N–H and O–H groups in total. The van der Waals surface area contributed by atoms with Crippen LogP contribution < -0.4 is 0 Å². The highest BCUT2D eigenvalue weighted by Gasteiger charge is 2.45. The number of alkyl halides is 1. The van der Waals surface area contributed by atoms with Gasteiger partial charge in [0.05, 0.1) is 5.60 Å². The third-order valence-corrected chi connectivity index (χ3v) is 5.27. The van der Waals surface area contributed by atoms with Gasteiger partial charge in [0.1, 0.15) is 0 Å². The molecule has 1 aliphatic heterocycles. The van der Waals surface area contributed by atoms with Gasteiger partial charge in [-0.1, -0.05) is 0 Å². The van der Waals surface area contributed by atoms with Crippen molar-refractivity contribution in [2.45, 2.75) is 62.3 Å². The van der Waals surface area contributed by atoms with Gasteiger partial charge < -0.3 is 4.74 Å². The monoisotopic (exact) mass is 228 g/mol. The summed E-state index contributed by atoms with van der Waals surface area (Å²) in [5, 5.41) is 0.468. The number of halogens is 1. The fourth-order valence-corrected chi connectivity index (χ4v) is 4.13. The van der Waals surface area contributed by atoms with Crippen molar-refractivity contribution in [3.05, 3.63) is 0 Å². The van der Waals surface area contributed by atoms with Gasteiger partial charge in [-0.3, -0.25) is 0 Å². The molecular formula is C13H21ClO. The van der Waals surface area contributed by atoms with Crippen LogP contribution in [-0.2, 0) is 4.74 Å². The van der Waals surface area contributed by atoms with E-state index < -0.39 is 0 Å².